The molecule has 2 amide bonds. The van der Waals surface area contributed by atoms with Crippen LogP contribution in [0.2, 0.25) is 0 Å². The molecule has 1 N–H and O–H groups in total. The number of carbonyl (C=O) groups is 2. The van der Waals surface area contributed by atoms with E-state index in [2.05, 4.69) is 41.6 Å². The first-order chi connectivity index (χ1) is 13.0. The van der Waals surface area contributed by atoms with Gasteiger partial charge in [-0.1, -0.05) is 49.4 Å². The van der Waals surface area contributed by atoms with Crippen LogP contribution in [-0.2, 0) is 22.6 Å². The molecule has 2 aromatic rings. The predicted octanol–water partition coefficient (Wildman–Crippen LogP) is 1.96. The number of fused-ring (bicyclic) bond motifs is 1. The summed E-state index contributed by atoms with van der Waals surface area (Å²) in [4.78, 5) is 26.7. The third-order valence-corrected chi connectivity index (χ3v) is 4.73. The summed E-state index contributed by atoms with van der Waals surface area (Å²) in [6.45, 7) is 5.19. The maximum atomic E-state index is 12.8. The predicted molar refractivity (Wildman–Crippen MR) is 102 cm³/mol. The highest BCUT2D eigenvalue weighted by atomic mass is 16.2. The first-order valence-corrected chi connectivity index (χ1v) is 9.53. The Hall–Kier alpha value is -2.70. The Kier molecular flexibility index (Phi) is 6.21. The molecule has 0 radical (unpaired) electrons. The molecule has 144 valence electrons. The Morgan fingerprint density at radius 1 is 1.30 bits per heavy atom. The second-order valence-electron chi connectivity index (χ2n) is 7.45. The molecule has 0 saturated heterocycles. The van der Waals surface area contributed by atoms with Crippen molar-refractivity contribution in [3.8, 4) is 0 Å². The van der Waals surface area contributed by atoms with Crippen LogP contribution >= 0.6 is 0 Å². The second kappa shape index (κ2) is 8.79. The van der Waals surface area contributed by atoms with E-state index in [1.807, 2.05) is 18.2 Å². The Morgan fingerprint density at radius 2 is 2.07 bits per heavy atom. The van der Waals surface area contributed by atoms with Gasteiger partial charge in [0, 0.05) is 6.54 Å². The van der Waals surface area contributed by atoms with Crippen molar-refractivity contribution in [1.82, 2.24) is 25.2 Å². The van der Waals surface area contributed by atoms with Crippen LogP contribution in [0, 0.1) is 5.92 Å². The highest BCUT2D eigenvalue weighted by Crippen LogP contribution is 2.26. The van der Waals surface area contributed by atoms with Gasteiger partial charge in [-0.05, 0) is 30.7 Å². The van der Waals surface area contributed by atoms with E-state index in [4.69, 9.17) is 0 Å². The topological polar surface area (TPSA) is 80.1 Å². The fourth-order valence-corrected chi connectivity index (χ4v) is 3.40. The monoisotopic (exact) mass is 369 g/mol. The number of amides is 2. The Bertz CT molecular complexity index is 772. The van der Waals surface area contributed by atoms with Gasteiger partial charge < -0.3 is 10.2 Å². The van der Waals surface area contributed by atoms with Crippen LogP contribution in [0.15, 0.2) is 36.5 Å². The summed E-state index contributed by atoms with van der Waals surface area (Å²) < 4.78 is 1.70. The van der Waals surface area contributed by atoms with Crippen LogP contribution in [0.25, 0.3) is 0 Å². The van der Waals surface area contributed by atoms with Crippen molar-refractivity contribution in [2.75, 3.05) is 13.1 Å². The lowest BCUT2D eigenvalue weighted by Crippen LogP contribution is -2.47. The summed E-state index contributed by atoms with van der Waals surface area (Å²) in [6, 6.07) is 9.82. The maximum Gasteiger partial charge on any atom is 0.248 e. The molecule has 3 rings (SSSR count). The average Bonchev–Trinajstić information content (AvgIpc) is 3.11. The quantitative estimate of drug-likeness (QED) is 0.722. The number of hydrogen-bond acceptors (Lipinski definition) is 4. The van der Waals surface area contributed by atoms with Gasteiger partial charge in [0.05, 0.1) is 25.0 Å². The SMILES string of the molecule is CC(C)C[C@H]1C(=O)N(CC(=O)NCCCc2ccccc2)Cc2cnnn21. The van der Waals surface area contributed by atoms with Crippen molar-refractivity contribution in [1.29, 1.82) is 0 Å². The molecule has 1 atom stereocenters. The lowest BCUT2D eigenvalue weighted by Gasteiger charge is -2.33. The van der Waals surface area contributed by atoms with Crippen LogP contribution < -0.4 is 5.32 Å². The molecule has 1 aromatic carbocycles. The largest absolute Gasteiger partial charge is 0.355 e. The van der Waals surface area contributed by atoms with E-state index >= 15 is 0 Å². The molecular formula is C20H27N5O2. The minimum atomic E-state index is -0.373. The standard InChI is InChI=1S/C20H27N5O2/c1-15(2)11-18-20(27)24(13-17-12-22-23-25(17)18)14-19(26)21-10-6-9-16-7-4-3-5-8-16/h3-5,7-8,12,15,18H,6,9-11,13-14H2,1-2H3,(H,21,26)/t18-/m0/s1. The van der Waals surface area contributed by atoms with Crippen molar-refractivity contribution < 1.29 is 9.59 Å². The maximum absolute atomic E-state index is 12.8. The number of aryl methyl sites for hydroxylation is 1. The molecule has 27 heavy (non-hydrogen) atoms. The van der Waals surface area contributed by atoms with Gasteiger partial charge in [-0.15, -0.1) is 5.10 Å². The Morgan fingerprint density at radius 3 is 2.81 bits per heavy atom. The Labute approximate surface area is 159 Å². The average molecular weight is 369 g/mol. The molecule has 1 aromatic heterocycles. The van der Waals surface area contributed by atoms with Gasteiger partial charge in [-0.2, -0.15) is 0 Å². The van der Waals surface area contributed by atoms with E-state index in [0.29, 0.717) is 25.4 Å². The zero-order valence-electron chi connectivity index (χ0n) is 16.0. The van der Waals surface area contributed by atoms with Gasteiger partial charge in [0.15, 0.2) is 0 Å². The summed E-state index contributed by atoms with van der Waals surface area (Å²) in [7, 11) is 0. The van der Waals surface area contributed by atoms with Crippen molar-refractivity contribution in [2.24, 2.45) is 5.92 Å². The van der Waals surface area contributed by atoms with E-state index in [9.17, 15) is 9.59 Å². The molecular weight excluding hydrogens is 342 g/mol. The third kappa shape index (κ3) is 4.93. The number of rotatable bonds is 8. The van der Waals surface area contributed by atoms with Crippen LogP contribution in [0.5, 0.6) is 0 Å². The molecule has 7 nitrogen and oxygen atoms in total. The zero-order valence-corrected chi connectivity index (χ0v) is 16.0. The normalized spacial score (nSPS) is 16.5. The van der Waals surface area contributed by atoms with Crippen molar-refractivity contribution >= 4 is 11.8 Å². The molecule has 7 heteroatoms. The van der Waals surface area contributed by atoms with E-state index in [1.54, 1.807) is 15.8 Å². The van der Waals surface area contributed by atoms with Gasteiger partial charge in [-0.25, -0.2) is 4.68 Å². The van der Waals surface area contributed by atoms with Crippen LogP contribution in [-0.4, -0.2) is 44.8 Å². The van der Waals surface area contributed by atoms with E-state index in [0.717, 1.165) is 18.5 Å². The van der Waals surface area contributed by atoms with Crippen LogP contribution in [0.3, 0.4) is 0 Å². The summed E-state index contributed by atoms with van der Waals surface area (Å²) >= 11 is 0. The molecule has 0 fully saturated rings. The van der Waals surface area contributed by atoms with Gasteiger partial charge >= 0.3 is 0 Å². The molecule has 1 aliphatic rings. The summed E-state index contributed by atoms with van der Waals surface area (Å²) in [5.74, 6) is 0.171. The van der Waals surface area contributed by atoms with E-state index in [-0.39, 0.29) is 24.4 Å². The number of nitrogens with one attached hydrogen (secondary N) is 1. The molecule has 0 unspecified atom stereocenters. The lowest BCUT2D eigenvalue weighted by atomic mass is 10.0. The minimum Gasteiger partial charge on any atom is -0.355 e. The molecule has 0 spiro atoms. The van der Waals surface area contributed by atoms with E-state index < -0.39 is 0 Å². The lowest BCUT2D eigenvalue weighted by molar-refractivity contribution is -0.142. The Balaban J connectivity index is 1.51. The minimum absolute atomic E-state index is 0.0545. The number of carbonyl (C=O) groups excluding carboxylic acids is 2. The molecule has 0 saturated carbocycles. The number of benzene rings is 1. The van der Waals surface area contributed by atoms with Gasteiger partial charge in [0.2, 0.25) is 11.8 Å². The molecule has 0 aliphatic carbocycles. The summed E-state index contributed by atoms with van der Waals surface area (Å²) in [6.07, 6.45) is 4.15. The van der Waals surface area contributed by atoms with Gasteiger partial charge in [-0.3, -0.25) is 9.59 Å². The van der Waals surface area contributed by atoms with Crippen molar-refractivity contribution in [3.63, 3.8) is 0 Å². The van der Waals surface area contributed by atoms with Gasteiger partial charge in [0.1, 0.15) is 6.04 Å². The fourth-order valence-electron chi connectivity index (χ4n) is 3.40. The first-order valence-electron chi connectivity index (χ1n) is 9.53. The highest BCUT2D eigenvalue weighted by molar-refractivity contribution is 5.87. The smallest absolute Gasteiger partial charge is 0.248 e. The van der Waals surface area contributed by atoms with Crippen LogP contribution in [0.4, 0.5) is 0 Å². The summed E-state index contributed by atoms with van der Waals surface area (Å²) in [5.41, 5.74) is 2.13. The third-order valence-electron chi connectivity index (χ3n) is 4.73. The molecule has 0 bridgehead atoms. The molecule has 1 aliphatic heterocycles. The number of aromatic nitrogens is 3. The fraction of sp³-hybridized carbons (Fsp3) is 0.500. The van der Waals surface area contributed by atoms with Crippen molar-refractivity contribution in [3.05, 3.63) is 47.8 Å². The van der Waals surface area contributed by atoms with Crippen LogP contribution in [0.1, 0.15) is 44.0 Å². The highest BCUT2D eigenvalue weighted by Gasteiger charge is 2.35. The number of nitrogens with zero attached hydrogens (tertiary/aromatic N) is 4. The second-order valence-corrected chi connectivity index (χ2v) is 7.45. The van der Waals surface area contributed by atoms with Gasteiger partial charge in [0.25, 0.3) is 0 Å². The first kappa shape index (κ1) is 19.1. The van der Waals surface area contributed by atoms with E-state index in [1.165, 1.54) is 5.56 Å². The number of hydrogen-bond donors (Lipinski definition) is 1. The van der Waals surface area contributed by atoms with Crippen molar-refractivity contribution in [2.45, 2.75) is 45.7 Å². The summed E-state index contributed by atoms with van der Waals surface area (Å²) in [5, 5.41) is 10.9. The molecule has 2 heterocycles. The zero-order chi connectivity index (χ0) is 19.2.